The molecule has 0 aliphatic carbocycles. The summed E-state index contributed by atoms with van der Waals surface area (Å²) in [6.45, 7) is 0.799. The molecule has 0 aromatic heterocycles. The Morgan fingerprint density at radius 1 is 1.38 bits per heavy atom. The number of hydrogen-bond donors (Lipinski definition) is 1. The molecule has 1 heterocycles. The van der Waals surface area contributed by atoms with Gasteiger partial charge < -0.3 is 9.22 Å². The third kappa shape index (κ3) is 2.45. The van der Waals surface area contributed by atoms with Crippen molar-refractivity contribution >= 4 is 9.28 Å². The summed E-state index contributed by atoms with van der Waals surface area (Å²) >= 11 is 0. The van der Waals surface area contributed by atoms with E-state index in [0.717, 1.165) is 19.1 Å². The minimum absolute atomic E-state index is 0. The Morgan fingerprint density at radius 2 is 2.12 bits per heavy atom. The molecule has 1 N–H and O–H groups in total. The molecule has 50 valence electrons. The fourth-order valence-electron chi connectivity index (χ4n) is 0.724. The highest BCUT2D eigenvalue weighted by Gasteiger charge is 2.11. The van der Waals surface area contributed by atoms with E-state index in [0.29, 0.717) is 0 Å². The maximum absolute atomic E-state index is 8.83. The number of hydrogen-bond acceptors (Lipinski definition) is 2. The summed E-state index contributed by atoms with van der Waals surface area (Å²) in [6, 6.07) is 0.958. The number of rotatable bonds is 0. The molecule has 1 aliphatic heterocycles. The van der Waals surface area contributed by atoms with Gasteiger partial charge in [-0.05, 0) is 18.9 Å². The quantitative estimate of drug-likeness (QED) is 0.493. The molecule has 0 saturated carbocycles. The lowest BCUT2D eigenvalue weighted by Gasteiger charge is -2.14. The molecular weight excluding hydrogens is 120 g/mol. The van der Waals surface area contributed by atoms with E-state index in [1.165, 1.54) is 6.42 Å². The van der Waals surface area contributed by atoms with E-state index in [-0.39, 0.29) is 7.43 Å². The molecular formula is C5H14O2Si. The lowest BCUT2D eigenvalue weighted by Crippen LogP contribution is -2.22. The third-order valence-corrected chi connectivity index (χ3v) is 2.68. The Labute approximate surface area is 52.3 Å². The molecule has 1 atom stereocenters. The lowest BCUT2D eigenvalue weighted by molar-refractivity contribution is 0.231. The molecule has 0 aromatic carbocycles. The fourth-order valence-corrected chi connectivity index (χ4v) is 1.97. The SMILES string of the molecule is C.O[SiH]1CCCCO1. The van der Waals surface area contributed by atoms with Crippen LogP contribution in [0.1, 0.15) is 20.3 Å². The smallest absolute Gasteiger partial charge is 0.318 e. The van der Waals surface area contributed by atoms with Gasteiger partial charge in [0.2, 0.25) is 0 Å². The van der Waals surface area contributed by atoms with Crippen molar-refractivity contribution in [3.8, 4) is 0 Å². The van der Waals surface area contributed by atoms with Crippen molar-refractivity contribution in [1.29, 1.82) is 0 Å². The van der Waals surface area contributed by atoms with Crippen LogP contribution >= 0.6 is 0 Å². The summed E-state index contributed by atoms with van der Waals surface area (Å²) in [5.41, 5.74) is 0. The first-order chi connectivity index (χ1) is 3.39. The van der Waals surface area contributed by atoms with Crippen molar-refractivity contribution in [2.75, 3.05) is 6.61 Å². The first kappa shape index (κ1) is 8.14. The van der Waals surface area contributed by atoms with Gasteiger partial charge in [0.05, 0.1) is 0 Å². The van der Waals surface area contributed by atoms with Gasteiger partial charge in [-0.15, -0.1) is 0 Å². The molecule has 1 rings (SSSR count). The van der Waals surface area contributed by atoms with Gasteiger partial charge >= 0.3 is 9.28 Å². The van der Waals surface area contributed by atoms with Crippen LogP contribution in [0.4, 0.5) is 0 Å². The van der Waals surface area contributed by atoms with Crippen molar-refractivity contribution in [2.24, 2.45) is 0 Å². The summed E-state index contributed by atoms with van der Waals surface area (Å²) in [4.78, 5) is 8.83. The van der Waals surface area contributed by atoms with Crippen molar-refractivity contribution in [2.45, 2.75) is 26.3 Å². The second-order valence-corrected chi connectivity index (χ2v) is 3.64. The molecule has 1 saturated heterocycles. The zero-order valence-electron chi connectivity index (χ0n) is 4.26. The molecule has 0 radical (unpaired) electrons. The van der Waals surface area contributed by atoms with Gasteiger partial charge in [-0.1, -0.05) is 7.43 Å². The molecule has 0 spiro atoms. The van der Waals surface area contributed by atoms with Gasteiger partial charge in [-0.25, -0.2) is 0 Å². The van der Waals surface area contributed by atoms with Crippen molar-refractivity contribution < 1.29 is 9.22 Å². The first-order valence-corrected chi connectivity index (χ1v) is 4.50. The van der Waals surface area contributed by atoms with Crippen LogP contribution in [0.5, 0.6) is 0 Å². The molecule has 3 heteroatoms. The minimum atomic E-state index is -1.59. The van der Waals surface area contributed by atoms with Crippen LogP contribution in [-0.4, -0.2) is 20.7 Å². The molecule has 2 nitrogen and oxygen atoms in total. The highest BCUT2D eigenvalue weighted by Crippen LogP contribution is 2.07. The minimum Gasteiger partial charge on any atom is -0.413 e. The van der Waals surface area contributed by atoms with Gasteiger partial charge in [-0.2, -0.15) is 0 Å². The molecule has 1 unspecified atom stereocenters. The van der Waals surface area contributed by atoms with Crippen LogP contribution < -0.4 is 0 Å². The van der Waals surface area contributed by atoms with Gasteiger partial charge in [0, 0.05) is 6.61 Å². The highest BCUT2D eigenvalue weighted by atomic mass is 28.3. The monoisotopic (exact) mass is 134 g/mol. The average molecular weight is 134 g/mol. The predicted octanol–water partition coefficient (Wildman–Crippen LogP) is 0.646. The standard InChI is InChI=1S/C4H10O2Si.CH4/c5-7-4-2-1-3-6-7;/h5,7H,1-4H2;1H4. The Balaban J connectivity index is 0.000000490. The summed E-state index contributed by atoms with van der Waals surface area (Å²) in [7, 11) is -1.59. The Kier molecular flexibility index (Phi) is 4.13. The van der Waals surface area contributed by atoms with Crippen LogP contribution in [0, 0.1) is 0 Å². The summed E-state index contributed by atoms with van der Waals surface area (Å²) in [5, 5.41) is 0. The first-order valence-electron chi connectivity index (χ1n) is 2.69. The van der Waals surface area contributed by atoms with Gasteiger partial charge in [-0.3, -0.25) is 0 Å². The van der Waals surface area contributed by atoms with Gasteiger partial charge in [0.15, 0.2) is 0 Å². The van der Waals surface area contributed by atoms with Crippen molar-refractivity contribution in [1.82, 2.24) is 0 Å². The lowest BCUT2D eigenvalue weighted by atomic mass is 10.4. The van der Waals surface area contributed by atoms with Gasteiger partial charge in [0.25, 0.3) is 0 Å². The van der Waals surface area contributed by atoms with Crippen molar-refractivity contribution in [3.63, 3.8) is 0 Å². The fraction of sp³-hybridized carbons (Fsp3) is 1.00. The molecule has 0 aromatic rings. The second-order valence-electron chi connectivity index (χ2n) is 1.82. The predicted molar refractivity (Wildman–Crippen MR) is 36.1 cm³/mol. The largest absolute Gasteiger partial charge is 0.413 e. The molecule has 0 amide bonds. The maximum atomic E-state index is 8.83. The molecule has 1 fully saturated rings. The Morgan fingerprint density at radius 3 is 2.38 bits per heavy atom. The van der Waals surface area contributed by atoms with E-state index in [1.54, 1.807) is 0 Å². The van der Waals surface area contributed by atoms with Crippen LogP contribution in [0.3, 0.4) is 0 Å². The van der Waals surface area contributed by atoms with E-state index in [1.807, 2.05) is 0 Å². The third-order valence-electron chi connectivity index (χ3n) is 1.16. The maximum Gasteiger partial charge on any atom is 0.318 e. The summed E-state index contributed by atoms with van der Waals surface area (Å²) < 4.78 is 4.97. The highest BCUT2D eigenvalue weighted by molar-refractivity contribution is 6.42. The van der Waals surface area contributed by atoms with Crippen LogP contribution in [0.2, 0.25) is 6.04 Å². The molecule has 1 aliphatic rings. The topological polar surface area (TPSA) is 29.5 Å². The van der Waals surface area contributed by atoms with E-state index in [9.17, 15) is 0 Å². The molecule has 0 bridgehead atoms. The average Bonchev–Trinajstić information content (AvgIpc) is 1.69. The zero-order chi connectivity index (χ0) is 5.11. The van der Waals surface area contributed by atoms with Gasteiger partial charge in [0.1, 0.15) is 0 Å². The Bertz CT molecular complexity index is 52.4. The van der Waals surface area contributed by atoms with E-state index in [4.69, 9.17) is 9.22 Å². The normalized spacial score (nSPS) is 28.9. The zero-order valence-corrected chi connectivity index (χ0v) is 5.42. The molecule has 8 heavy (non-hydrogen) atoms. The van der Waals surface area contributed by atoms with Crippen molar-refractivity contribution in [3.05, 3.63) is 0 Å². The van der Waals surface area contributed by atoms with E-state index < -0.39 is 9.28 Å². The van der Waals surface area contributed by atoms with Crippen LogP contribution in [-0.2, 0) is 4.43 Å². The summed E-state index contributed by atoms with van der Waals surface area (Å²) in [6.07, 6.45) is 2.32. The summed E-state index contributed by atoms with van der Waals surface area (Å²) in [5.74, 6) is 0. The second kappa shape index (κ2) is 4.06. The van der Waals surface area contributed by atoms with Crippen LogP contribution in [0.15, 0.2) is 0 Å². The van der Waals surface area contributed by atoms with E-state index >= 15 is 0 Å². The van der Waals surface area contributed by atoms with Crippen LogP contribution in [0.25, 0.3) is 0 Å². The van der Waals surface area contributed by atoms with E-state index in [2.05, 4.69) is 0 Å². The Hall–Kier alpha value is 0.137.